The van der Waals surface area contributed by atoms with E-state index in [1.807, 2.05) is 25.2 Å². The van der Waals surface area contributed by atoms with E-state index in [4.69, 9.17) is 9.90 Å². The molecule has 1 heterocycles. The van der Waals surface area contributed by atoms with Crippen LogP contribution in [0.25, 0.3) is 11.0 Å². The lowest BCUT2D eigenvalue weighted by molar-refractivity contribution is -0.192. The summed E-state index contributed by atoms with van der Waals surface area (Å²) in [6.45, 7) is 4.40. The first-order valence-electron chi connectivity index (χ1n) is 8.42. The summed E-state index contributed by atoms with van der Waals surface area (Å²) in [6, 6.07) is 5.72. The van der Waals surface area contributed by atoms with E-state index < -0.39 is 12.1 Å². The standard InChI is InChI=1S/C16H24N4O.C2HF3O2/c1-12(21)13-6-7-15-14(10-13)17-16(20(15)5)11-19(4)9-8-18(2)3;3-2(4,5)1(6)7/h6-7,10H,8-9,11H2,1-5H3;(H,6,7). The quantitative estimate of drug-likeness (QED) is 0.748. The number of carboxylic acid groups (broad SMARTS) is 1. The Hall–Kier alpha value is -2.46. The van der Waals surface area contributed by atoms with Crippen LogP contribution in [0.4, 0.5) is 13.2 Å². The summed E-state index contributed by atoms with van der Waals surface area (Å²) in [5.41, 5.74) is 2.67. The number of aryl methyl sites for hydroxylation is 1. The molecule has 10 heteroatoms. The van der Waals surface area contributed by atoms with Crippen LogP contribution in [0, 0.1) is 0 Å². The Morgan fingerprint density at radius 3 is 2.21 bits per heavy atom. The zero-order chi connectivity index (χ0) is 21.6. The molecule has 0 spiro atoms. The molecule has 0 bridgehead atoms. The molecule has 0 saturated heterocycles. The van der Waals surface area contributed by atoms with E-state index >= 15 is 0 Å². The fourth-order valence-electron chi connectivity index (χ4n) is 2.30. The SMILES string of the molecule is CC(=O)c1ccc2c(c1)nc(CN(C)CCN(C)C)n2C.O=C(O)C(F)(F)F. The molecule has 2 aromatic rings. The van der Waals surface area contributed by atoms with E-state index in [1.165, 1.54) is 0 Å². The number of ketones is 1. The minimum Gasteiger partial charge on any atom is -0.475 e. The highest BCUT2D eigenvalue weighted by atomic mass is 19.4. The third-order valence-electron chi connectivity index (χ3n) is 3.96. The lowest BCUT2D eigenvalue weighted by atomic mass is 10.1. The molecular weight excluding hydrogens is 377 g/mol. The summed E-state index contributed by atoms with van der Waals surface area (Å²) in [5.74, 6) is -1.66. The number of alkyl halides is 3. The van der Waals surface area contributed by atoms with Crippen molar-refractivity contribution in [2.45, 2.75) is 19.6 Å². The monoisotopic (exact) mass is 402 g/mol. The molecule has 0 fully saturated rings. The summed E-state index contributed by atoms with van der Waals surface area (Å²) in [5, 5.41) is 7.12. The Kier molecular flexibility index (Phi) is 8.13. The minimum atomic E-state index is -5.08. The molecule has 0 radical (unpaired) electrons. The van der Waals surface area contributed by atoms with Crippen LogP contribution in [-0.4, -0.2) is 76.6 Å². The van der Waals surface area contributed by atoms with Crippen LogP contribution in [0.2, 0.25) is 0 Å². The van der Waals surface area contributed by atoms with Crippen LogP contribution in [0.5, 0.6) is 0 Å². The van der Waals surface area contributed by atoms with Gasteiger partial charge < -0.3 is 14.6 Å². The van der Waals surface area contributed by atoms with Gasteiger partial charge in [-0.1, -0.05) is 0 Å². The number of aromatic nitrogens is 2. The molecule has 28 heavy (non-hydrogen) atoms. The van der Waals surface area contributed by atoms with Gasteiger partial charge in [-0.15, -0.1) is 0 Å². The van der Waals surface area contributed by atoms with Crippen LogP contribution in [0.3, 0.4) is 0 Å². The van der Waals surface area contributed by atoms with Gasteiger partial charge in [0.1, 0.15) is 5.82 Å². The number of carbonyl (C=O) groups excluding carboxylic acids is 1. The summed E-state index contributed by atoms with van der Waals surface area (Å²) in [4.78, 5) is 29.5. The first-order chi connectivity index (χ1) is 12.8. The van der Waals surface area contributed by atoms with Crippen LogP contribution < -0.4 is 0 Å². The normalized spacial score (nSPS) is 11.6. The number of hydrogen-bond donors (Lipinski definition) is 1. The highest BCUT2D eigenvalue weighted by Crippen LogP contribution is 2.18. The maximum atomic E-state index is 11.5. The molecule has 0 unspecified atom stereocenters. The predicted molar refractivity (Wildman–Crippen MR) is 99.3 cm³/mol. The van der Waals surface area contributed by atoms with Gasteiger partial charge in [-0.3, -0.25) is 9.69 Å². The number of carboxylic acids is 1. The van der Waals surface area contributed by atoms with Gasteiger partial charge in [0.15, 0.2) is 5.78 Å². The van der Waals surface area contributed by atoms with E-state index in [-0.39, 0.29) is 5.78 Å². The molecule has 1 N–H and O–H groups in total. The summed E-state index contributed by atoms with van der Waals surface area (Å²) >= 11 is 0. The Bertz CT molecular complexity index is 831. The Morgan fingerprint density at radius 1 is 1.18 bits per heavy atom. The van der Waals surface area contributed by atoms with Crippen molar-refractivity contribution in [1.82, 2.24) is 19.4 Å². The molecular formula is C18H25F3N4O3. The average molecular weight is 402 g/mol. The molecule has 7 nitrogen and oxygen atoms in total. The number of hydrogen-bond acceptors (Lipinski definition) is 5. The largest absolute Gasteiger partial charge is 0.490 e. The number of likely N-dealkylation sites (N-methyl/N-ethyl adjacent to an activating group) is 2. The predicted octanol–water partition coefficient (Wildman–Crippen LogP) is 2.40. The van der Waals surface area contributed by atoms with Crippen LogP contribution >= 0.6 is 0 Å². The smallest absolute Gasteiger partial charge is 0.475 e. The molecule has 1 aromatic heterocycles. The molecule has 1 aromatic carbocycles. The highest BCUT2D eigenvalue weighted by Gasteiger charge is 2.38. The summed E-state index contributed by atoms with van der Waals surface area (Å²) < 4.78 is 33.8. The van der Waals surface area contributed by atoms with E-state index in [1.54, 1.807) is 6.92 Å². The first kappa shape index (κ1) is 23.6. The topological polar surface area (TPSA) is 78.7 Å². The van der Waals surface area contributed by atoms with Gasteiger partial charge in [0.25, 0.3) is 0 Å². The van der Waals surface area contributed by atoms with Gasteiger partial charge in [-0.05, 0) is 46.3 Å². The van der Waals surface area contributed by atoms with Gasteiger partial charge in [0.05, 0.1) is 17.6 Å². The van der Waals surface area contributed by atoms with Gasteiger partial charge in [-0.2, -0.15) is 13.2 Å². The van der Waals surface area contributed by atoms with Crippen molar-refractivity contribution in [3.63, 3.8) is 0 Å². The van der Waals surface area contributed by atoms with Gasteiger partial charge in [0, 0.05) is 25.7 Å². The summed E-state index contributed by atoms with van der Waals surface area (Å²) in [7, 11) is 8.28. The molecule has 0 atom stereocenters. The van der Waals surface area contributed by atoms with E-state index in [0.717, 1.165) is 36.5 Å². The lowest BCUT2D eigenvalue weighted by Crippen LogP contribution is -2.29. The molecule has 0 amide bonds. The molecule has 2 rings (SSSR count). The second-order valence-corrected chi connectivity index (χ2v) is 6.69. The number of fused-ring (bicyclic) bond motifs is 1. The minimum absolute atomic E-state index is 0.0761. The zero-order valence-electron chi connectivity index (χ0n) is 16.5. The fraction of sp³-hybridized carbons (Fsp3) is 0.500. The number of aliphatic carboxylic acids is 1. The number of imidazole rings is 1. The van der Waals surface area contributed by atoms with Crippen molar-refractivity contribution >= 4 is 22.8 Å². The fourth-order valence-corrected chi connectivity index (χ4v) is 2.30. The number of carbonyl (C=O) groups is 2. The van der Waals surface area contributed by atoms with E-state index in [0.29, 0.717) is 5.56 Å². The van der Waals surface area contributed by atoms with Gasteiger partial charge in [-0.25, -0.2) is 9.78 Å². The van der Waals surface area contributed by atoms with Crippen molar-refractivity contribution < 1.29 is 27.9 Å². The molecule has 156 valence electrons. The lowest BCUT2D eigenvalue weighted by Gasteiger charge is -2.18. The van der Waals surface area contributed by atoms with Crippen molar-refractivity contribution in [3.05, 3.63) is 29.6 Å². The zero-order valence-corrected chi connectivity index (χ0v) is 16.5. The van der Waals surface area contributed by atoms with E-state index in [9.17, 15) is 18.0 Å². The van der Waals surface area contributed by atoms with Crippen LogP contribution in [-0.2, 0) is 18.4 Å². The Balaban J connectivity index is 0.000000480. The third kappa shape index (κ3) is 6.93. The number of Topliss-reactive ketones (excluding diaryl/α,β-unsaturated/α-hetero) is 1. The van der Waals surface area contributed by atoms with Gasteiger partial charge in [0.2, 0.25) is 0 Å². The number of benzene rings is 1. The van der Waals surface area contributed by atoms with Crippen LogP contribution in [0.15, 0.2) is 18.2 Å². The molecule has 0 saturated carbocycles. The third-order valence-corrected chi connectivity index (χ3v) is 3.96. The molecule has 0 aliphatic carbocycles. The van der Waals surface area contributed by atoms with Gasteiger partial charge >= 0.3 is 12.1 Å². The Labute approximate surface area is 161 Å². The molecule has 0 aliphatic rings. The van der Waals surface area contributed by atoms with Crippen molar-refractivity contribution in [3.8, 4) is 0 Å². The van der Waals surface area contributed by atoms with Crippen LogP contribution in [0.1, 0.15) is 23.1 Å². The maximum absolute atomic E-state index is 11.5. The van der Waals surface area contributed by atoms with Crippen molar-refractivity contribution in [2.75, 3.05) is 34.2 Å². The second kappa shape index (κ2) is 9.65. The second-order valence-electron chi connectivity index (χ2n) is 6.69. The number of halogens is 3. The molecule has 0 aliphatic heterocycles. The Morgan fingerprint density at radius 2 is 1.75 bits per heavy atom. The van der Waals surface area contributed by atoms with Crippen molar-refractivity contribution in [1.29, 1.82) is 0 Å². The summed E-state index contributed by atoms with van der Waals surface area (Å²) in [6.07, 6.45) is -5.08. The number of rotatable bonds is 6. The number of nitrogens with zero attached hydrogens (tertiary/aromatic N) is 4. The first-order valence-corrected chi connectivity index (χ1v) is 8.42. The average Bonchev–Trinajstić information content (AvgIpc) is 2.88. The maximum Gasteiger partial charge on any atom is 0.490 e. The van der Waals surface area contributed by atoms with E-state index in [2.05, 4.69) is 40.5 Å². The highest BCUT2D eigenvalue weighted by molar-refractivity contribution is 5.97. The van der Waals surface area contributed by atoms with Crippen molar-refractivity contribution in [2.24, 2.45) is 7.05 Å².